The second-order valence-corrected chi connectivity index (χ2v) is 2.38. The molecule has 1 atom stereocenters. The molecule has 0 aromatic carbocycles. The van der Waals surface area contributed by atoms with Gasteiger partial charge in [-0.25, -0.2) is 4.79 Å². The summed E-state index contributed by atoms with van der Waals surface area (Å²) < 4.78 is 0. The molecule has 11 heavy (non-hydrogen) atoms. The first-order chi connectivity index (χ1) is 4.70. The Morgan fingerprint density at radius 2 is 2.36 bits per heavy atom. The van der Waals surface area contributed by atoms with Gasteiger partial charge in [-0.3, -0.25) is 0 Å². The topological polar surface area (TPSA) is 66.6 Å². The SMILES string of the molecule is Cl.NC(=O)N1CC[CH]C(O)C1. The Kier molecular flexibility index (Phi) is 4.22. The van der Waals surface area contributed by atoms with Crippen LogP contribution in [0.4, 0.5) is 4.79 Å². The molecule has 1 unspecified atom stereocenters. The summed E-state index contributed by atoms with van der Waals surface area (Å²) in [7, 11) is 0. The number of urea groups is 1. The molecule has 1 rings (SSSR count). The Labute approximate surface area is 71.8 Å². The fourth-order valence-corrected chi connectivity index (χ4v) is 1.01. The number of likely N-dealkylation sites (tertiary alicyclic amines) is 1. The molecular formula is C6H12ClN2O2. The van der Waals surface area contributed by atoms with Crippen LogP contribution in [0.1, 0.15) is 6.42 Å². The largest absolute Gasteiger partial charge is 0.391 e. The van der Waals surface area contributed by atoms with E-state index in [-0.39, 0.29) is 12.4 Å². The number of aliphatic hydroxyl groups excluding tert-OH is 1. The zero-order valence-corrected chi connectivity index (χ0v) is 6.88. The fourth-order valence-electron chi connectivity index (χ4n) is 1.01. The second-order valence-electron chi connectivity index (χ2n) is 2.38. The molecule has 0 aromatic rings. The minimum Gasteiger partial charge on any atom is -0.391 e. The zero-order valence-electron chi connectivity index (χ0n) is 6.06. The van der Waals surface area contributed by atoms with E-state index in [9.17, 15) is 4.79 Å². The second kappa shape index (κ2) is 4.41. The van der Waals surface area contributed by atoms with Crippen LogP contribution < -0.4 is 5.73 Å². The van der Waals surface area contributed by atoms with Crippen molar-refractivity contribution in [2.24, 2.45) is 5.73 Å². The number of halogens is 1. The number of β-amino-alcohol motifs (C(OH)–C–C–N with tert-alkyl or cyclic N) is 1. The van der Waals surface area contributed by atoms with Crippen molar-refractivity contribution >= 4 is 18.4 Å². The van der Waals surface area contributed by atoms with E-state index < -0.39 is 12.1 Å². The average Bonchev–Trinajstić information content (AvgIpc) is 1.88. The summed E-state index contributed by atoms with van der Waals surface area (Å²) in [6.07, 6.45) is 2.00. The van der Waals surface area contributed by atoms with Crippen molar-refractivity contribution in [3.8, 4) is 0 Å². The Balaban J connectivity index is 0.000001000. The van der Waals surface area contributed by atoms with E-state index >= 15 is 0 Å². The maximum atomic E-state index is 10.5. The number of nitrogens with zero attached hydrogens (tertiary/aromatic N) is 1. The number of nitrogens with two attached hydrogens (primary N) is 1. The summed E-state index contributed by atoms with van der Waals surface area (Å²) in [4.78, 5) is 12.0. The van der Waals surface area contributed by atoms with Crippen LogP contribution in [0.2, 0.25) is 0 Å². The lowest BCUT2D eigenvalue weighted by Crippen LogP contribution is -2.45. The molecule has 0 aromatic heterocycles. The zero-order chi connectivity index (χ0) is 7.56. The van der Waals surface area contributed by atoms with E-state index in [4.69, 9.17) is 10.8 Å². The van der Waals surface area contributed by atoms with Gasteiger partial charge < -0.3 is 15.7 Å². The molecule has 3 N–H and O–H groups in total. The van der Waals surface area contributed by atoms with Crippen molar-refractivity contribution in [2.45, 2.75) is 12.5 Å². The molecule has 0 spiro atoms. The fraction of sp³-hybridized carbons (Fsp3) is 0.667. The Morgan fingerprint density at radius 1 is 1.73 bits per heavy atom. The third-order valence-corrected chi connectivity index (χ3v) is 1.56. The minimum atomic E-state index is -0.499. The van der Waals surface area contributed by atoms with Crippen molar-refractivity contribution in [1.82, 2.24) is 4.90 Å². The van der Waals surface area contributed by atoms with E-state index in [1.807, 2.05) is 0 Å². The predicted octanol–water partition coefficient (Wildman–Crippen LogP) is -0.242. The Hall–Kier alpha value is -0.480. The molecule has 0 bridgehead atoms. The normalized spacial score (nSPS) is 24.1. The first-order valence-electron chi connectivity index (χ1n) is 3.26. The van der Waals surface area contributed by atoms with Crippen molar-refractivity contribution in [2.75, 3.05) is 13.1 Å². The molecule has 1 fully saturated rings. The molecule has 4 nitrogen and oxygen atoms in total. The summed E-state index contributed by atoms with van der Waals surface area (Å²) in [5.41, 5.74) is 4.99. The first-order valence-corrected chi connectivity index (χ1v) is 3.26. The van der Waals surface area contributed by atoms with E-state index in [0.717, 1.165) is 6.42 Å². The lowest BCUT2D eigenvalue weighted by Gasteiger charge is -2.27. The molecule has 2 amide bonds. The number of rotatable bonds is 0. The van der Waals surface area contributed by atoms with Crippen molar-refractivity contribution in [3.05, 3.63) is 6.42 Å². The molecule has 0 aliphatic carbocycles. The van der Waals surface area contributed by atoms with Crippen molar-refractivity contribution in [3.63, 3.8) is 0 Å². The number of carbonyl (C=O) groups excluding carboxylic acids is 1. The van der Waals surface area contributed by atoms with E-state index in [1.165, 1.54) is 4.90 Å². The summed E-state index contributed by atoms with van der Waals surface area (Å²) in [5, 5.41) is 9.02. The van der Waals surface area contributed by atoms with Gasteiger partial charge in [0.25, 0.3) is 0 Å². The Bertz CT molecular complexity index is 143. The standard InChI is InChI=1S/C6H11N2O2.ClH/c7-6(10)8-3-1-2-5(9)4-8;/h2,5,9H,1,3-4H2,(H2,7,10);1H. The van der Waals surface area contributed by atoms with Crippen LogP contribution in [0.15, 0.2) is 0 Å². The van der Waals surface area contributed by atoms with Gasteiger partial charge in [-0.05, 0) is 12.8 Å². The molecule has 5 heteroatoms. The highest BCUT2D eigenvalue weighted by atomic mass is 35.5. The van der Waals surface area contributed by atoms with E-state index in [2.05, 4.69) is 0 Å². The number of hydrogen-bond donors (Lipinski definition) is 2. The van der Waals surface area contributed by atoms with E-state index in [0.29, 0.717) is 13.1 Å². The van der Waals surface area contributed by atoms with Crippen molar-refractivity contribution < 1.29 is 9.90 Å². The maximum Gasteiger partial charge on any atom is 0.314 e. The number of carbonyl (C=O) groups is 1. The highest BCUT2D eigenvalue weighted by molar-refractivity contribution is 5.85. The highest BCUT2D eigenvalue weighted by Gasteiger charge is 2.19. The molecule has 65 valence electrons. The third-order valence-electron chi connectivity index (χ3n) is 1.56. The third kappa shape index (κ3) is 2.95. The van der Waals surface area contributed by atoms with Crippen LogP contribution in [0.3, 0.4) is 0 Å². The number of aliphatic hydroxyl groups is 1. The van der Waals surface area contributed by atoms with Crippen LogP contribution in [0.5, 0.6) is 0 Å². The number of amides is 2. The molecular weight excluding hydrogens is 168 g/mol. The van der Waals surface area contributed by atoms with Crippen molar-refractivity contribution in [1.29, 1.82) is 0 Å². The van der Waals surface area contributed by atoms with Crippen LogP contribution in [0.25, 0.3) is 0 Å². The molecule has 1 aliphatic rings. The molecule has 1 heterocycles. The lowest BCUT2D eigenvalue weighted by molar-refractivity contribution is 0.122. The van der Waals surface area contributed by atoms with Gasteiger partial charge in [-0.1, -0.05) is 0 Å². The van der Waals surface area contributed by atoms with Gasteiger partial charge in [0, 0.05) is 13.1 Å². The summed E-state index contributed by atoms with van der Waals surface area (Å²) in [6.45, 7) is 0.974. The predicted molar refractivity (Wildman–Crippen MR) is 43.3 cm³/mol. The maximum absolute atomic E-state index is 10.5. The molecule has 1 aliphatic heterocycles. The van der Waals surface area contributed by atoms with Crippen LogP contribution >= 0.6 is 12.4 Å². The van der Waals surface area contributed by atoms with Gasteiger partial charge in [0.15, 0.2) is 0 Å². The van der Waals surface area contributed by atoms with Gasteiger partial charge in [0.2, 0.25) is 0 Å². The minimum absolute atomic E-state index is 0. The number of hydrogen-bond acceptors (Lipinski definition) is 2. The van der Waals surface area contributed by atoms with Crippen LogP contribution in [-0.2, 0) is 0 Å². The Morgan fingerprint density at radius 3 is 2.73 bits per heavy atom. The van der Waals surface area contributed by atoms with Crippen LogP contribution in [-0.4, -0.2) is 35.2 Å². The number of primary amides is 1. The van der Waals surface area contributed by atoms with Gasteiger partial charge in [-0.2, -0.15) is 0 Å². The smallest absolute Gasteiger partial charge is 0.314 e. The average molecular weight is 180 g/mol. The van der Waals surface area contributed by atoms with Gasteiger partial charge in [-0.15, -0.1) is 12.4 Å². The summed E-state index contributed by atoms with van der Waals surface area (Å²) in [5.74, 6) is 0. The first kappa shape index (κ1) is 10.5. The highest BCUT2D eigenvalue weighted by Crippen LogP contribution is 2.07. The molecule has 1 radical (unpaired) electrons. The molecule has 1 saturated heterocycles. The van der Waals surface area contributed by atoms with Gasteiger partial charge in [0.05, 0.1) is 6.10 Å². The van der Waals surface area contributed by atoms with Gasteiger partial charge >= 0.3 is 6.03 Å². The molecule has 0 saturated carbocycles. The number of piperidine rings is 1. The van der Waals surface area contributed by atoms with E-state index in [1.54, 1.807) is 6.42 Å². The lowest BCUT2D eigenvalue weighted by atomic mass is 10.1. The van der Waals surface area contributed by atoms with Crippen LogP contribution in [0, 0.1) is 6.42 Å². The van der Waals surface area contributed by atoms with Gasteiger partial charge in [0.1, 0.15) is 0 Å². The summed E-state index contributed by atoms with van der Waals surface area (Å²) in [6, 6.07) is -0.452. The quantitative estimate of drug-likeness (QED) is 0.539. The monoisotopic (exact) mass is 179 g/mol. The summed E-state index contributed by atoms with van der Waals surface area (Å²) >= 11 is 0.